The van der Waals surface area contributed by atoms with Gasteiger partial charge in [0, 0.05) is 37.6 Å². The van der Waals surface area contributed by atoms with Crippen LogP contribution in [0.1, 0.15) is 19.8 Å². The Morgan fingerprint density at radius 3 is 2.83 bits per heavy atom. The van der Waals surface area contributed by atoms with Gasteiger partial charge in [-0.2, -0.15) is 0 Å². The summed E-state index contributed by atoms with van der Waals surface area (Å²) in [5.74, 6) is 2.98. The van der Waals surface area contributed by atoms with Gasteiger partial charge in [-0.1, -0.05) is 5.92 Å². The summed E-state index contributed by atoms with van der Waals surface area (Å²) in [6.45, 7) is 6.67. The molecule has 2 rings (SSSR count). The predicted molar refractivity (Wildman–Crippen MR) is 49.6 cm³/mol. The second-order valence-electron chi connectivity index (χ2n) is 3.99. The summed E-state index contributed by atoms with van der Waals surface area (Å²) in [5.41, 5.74) is 0.585. The summed E-state index contributed by atoms with van der Waals surface area (Å²) >= 11 is 0. The molecule has 0 saturated carbocycles. The fourth-order valence-corrected chi connectivity index (χ4v) is 2.23. The van der Waals surface area contributed by atoms with E-state index < -0.39 is 0 Å². The summed E-state index contributed by atoms with van der Waals surface area (Å²) < 4.78 is 0. The minimum atomic E-state index is 0.585. The third-order valence-corrected chi connectivity index (χ3v) is 2.93. The third kappa shape index (κ3) is 1.30. The Morgan fingerprint density at radius 2 is 2.25 bits per heavy atom. The van der Waals surface area contributed by atoms with Crippen molar-refractivity contribution in [2.75, 3.05) is 26.2 Å². The molecule has 2 saturated heterocycles. The van der Waals surface area contributed by atoms with E-state index in [9.17, 15) is 0 Å². The number of piperidine rings is 1. The molecule has 0 unspecified atom stereocenters. The van der Waals surface area contributed by atoms with E-state index in [0.717, 1.165) is 0 Å². The van der Waals surface area contributed by atoms with E-state index in [-0.39, 0.29) is 0 Å². The summed E-state index contributed by atoms with van der Waals surface area (Å²) in [5, 5.41) is 3.36. The van der Waals surface area contributed by atoms with Crippen LogP contribution in [0.3, 0.4) is 0 Å². The first kappa shape index (κ1) is 7.94. The highest BCUT2D eigenvalue weighted by Crippen LogP contribution is 2.32. The Labute approximate surface area is 74.3 Å². The van der Waals surface area contributed by atoms with Crippen LogP contribution in [0, 0.1) is 17.4 Å². The molecule has 0 aromatic heterocycles. The fourth-order valence-electron chi connectivity index (χ4n) is 2.23. The van der Waals surface area contributed by atoms with Crippen LogP contribution in [0.5, 0.6) is 0 Å². The van der Waals surface area contributed by atoms with Crippen LogP contribution in [0.15, 0.2) is 0 Å². The lowest BCUT2D eigenvalue weighted by Gasteiger charge is -2.48. The van der Waals surface area contributed by atoms with Gasteiger partial charge in [0.25, 0.3) is 0 Å². The second kappa shape index (κ2) is 2.99. The molecule has 2 heteroatoms. The van der Waals surface area contributed by atoms with Gasteiger partial charge in [0.05, 0.1) is 0 Å². The zero-order valence-corrected chi connectivity index (χ0v) is 7.69. The molecular formula is C10H16N2. The maximum Gasteiger partial charge on any atom is 0.0341 e. The van der Waals surface area contributed by atoms with Crippen molar-refractivity contribution in [1.82, 2.24) is 10.2 Å². The molecule has 0 aromatic carbocycles. The van der Waals surface area contributed by atoms with Gasteiger partial charge in [-0.05, 0) is 19.8 Å². The predicted octanol–water partition coefficient (Wildman–Crippen LogP) is 0.653. The standard InChI is InChI=1S/C10H16N2/c1-2-5-12-6-3-4-10(9-12)7-11-8-10/h11H,3-4,6-9H2,1H3. The number of rotatable bonds is 0. The highest BCUT2D eigenvalue weighted by Gasteiger charge is 2.39. The molecule has 2 aliphatic heterocycles. The Bertz CT molecular complexity index is 220. The summed E-state index contributed by atoms with van der Waals surface area (Å²) in [6, 6.07) is 3.16. The van der Waals surface area contributed by atoms with E-state index in [2.05, 4.69) is 22.2 Å². The Balaban J connectivity index is 1.97. The van der Waals surface area contributed by atoms with E-state index in [1.165, 1.54) is 39.0 Å². The minimum Gasteiger partial charge on any atom is -0.332 e. The quantitative estimate of drug-likeness (QED) is 0.529. The number of nitrogens with zero attached hydrogens (tertiary/aromatic N) is 1. The molecule has 2 heterocycles. The molecule has 12 heavy (non-hydrogen) atoms. The summed E-state index contributed by atoms with van der Waals surface area (Å²) in [4.78, 5) is 2.28. The lowest BCUT2D eigenvalue weighted by molar-refractivity contribution is 0.0711. The fraction of sp³-hybridized carbons (Fsp3) is 0.800. The molecule has 0 bridgehead atoms. The van der Waals surface area contributed by atoms with Gasteiger partial charge >= 0.3 is 0 Å². The van der Waals surface area contributed by atoms with Crippen molar-refractivity contribution in [1.29, 1.82) is 0 Å². The van der Waals surface area contributed by atoms with Gasteiger partial charge in [-0.15, -0.1) is 0 Å². The van der Waals surface area contributed by atoms with Crippen LogP contribution in [0.4, 0.5) is 0 Å². The van der Waals surface area contributed by atoms with Gasteiger partial charge in [0.15, 0.2) is 0 Å². The van der Waals surface area contributed by atoms with Gasteiger partial charge < -0.3 is 10.2 Å². The average molecular weight is 164 g/mol. The van der Waals surface area contributed by atoms with Gasteiger partial charge in [-0.25, -0.2) is 0 Å². The van der Waals surface area contributed by atoms with Crippen molar-refractivity contribution in [3.63, 3.8) is 0 Å². The van der Waals surface area contributed by atoms with Crippen LogP contribution in [0.25, 0.3) is 0 Å². The Morgan fingerprint density at radius 1 is 1.42 bits per heavy atom. The number of hydrogen-bond acceptors (Lipinski definition) is 2. The molecule has 2 fully saturated rings. The van der Waals surface area contributed by atoms with Crippen molar-refractivity contribution in [2.24, 2.45) is 5.41 Å². The topological polar surface area (TPSA) is 15.3 Å². The maximum atomic E-state index is 3.36. The largest absolute Gasteiger partial charge is 0.332 e. The first-order valence-electron chi connectivity index (χ1n) is 4.73. The summed E-state index contributed by atoms with van der Waals surface area (Å²) in [7, 11) is 0. The Kier molecular flexibility index (Phi) is 1.98. The zero-order valence-electron chi connectivity index (χ0n) is 7.69. The molecular weight excluding hydrogens is 148 g/mol. The molecule has 0 aliphatic carbocycles. The molecule has 2 nitrogen and oxygen atoms in total. The van der Waals surface area contributed by atoms with Gasteiger partial charge in [0.1, 0.15) is 0 Å². The molecule has 0 aromatic rings. The third-order valence-electron chi connectivity index (χ3n) is 2.93. The normalized spacial score (nSPS) is 25.9. The first-order chi connectivity index (χ1) is 5.85. The number of likely N-dealkylation sites (tertiary alicyclic amines) is 1. The van der Waals surface area contributed by atoms with Crippen LogP contribution >= 0.6 is 0 Å². The van der Waals surface area contributed by atoms with E-state index in [1.807, 2.05) is 6.92 Å². The zero-order chi connectivity index (χ0) is 8.44. The first-order valence-corrected chi connectivity index (χ1v) is 4.73. The molecule has 0 radical (unpaired) electrons. The van der Waals surface area contributed by atoms with Crippen LogP contribution in [0.2, 0.25) is 0 Å². The molecule has 2 aliphatic rings. The smallest absolute Gasteiger partial charge is 0.0341 e. The second-order valence-corrected chi connectivity index (χ2v) is 3.99. The molecule has 1 N–H and O–H groups in total. The van der Waals surface area contributed by atoms with Gasteiger partial charge in [0.2, 0.25) is 0 Å². The molecule has 1 spiro atoms. The Hall–Kier alpha value is -0.680. The molecule has 66 valence electrons. The SMILES string of the molecule is CC#CN1CCCC2(CNC2)C1. The van der Waals surface area contributed by atoms with Crippen LogP contribution in [-0.4, -0.2) is 31.1 Å². The van der Waals surface area contributed by atoms with E-state index in [1.54, 1.807) is 0 Å². The van der Waals surface area contributed by atoms with Crippen molar-refractivity contribution in [2.45, 2.75) is 19.8 Å². The van der Waals surface area contributed by atoms with Crippen LogP contribution < -0.4 is 5.32 Å². The maximum absolute atomic E-state index is 3.36. The lowest BCUT2D eigenvalue weighted by Crippen LogP contribution is -2.60. The molecule has 0 atom stereocenters. The average Bonchev–Trinajstić information content (AvgIpc) is 2.03. The van der Waals surface area contributed by atoms with E-state index in [4.69, 9.17) is 0 Å². The van der Waals surface area contributed by atoms with Crippen LogP contribution in [-0.2, 0) is 0 Å². The monoisotopic (exact) mass is 164 g/mol. The highest BCUT2D eigenvalue weighted by atomic mass is 15.2. The van der Waals surface area contributed by atoms with Crippen molar-refractivity contribution < 1.29 is 0 Å². The minimum absolute atomic E-state index is 0.585. The lowest BCUT2D eigenvalue weighted by atomic mass is 9.75. The molecule has 0 amide bonds. The van der Waals surface area contributed by atoms with Crippen molar-refractivity contribution in [3.8, 4) is 12.0 Å². The highest BCUT2D eigenvalue weighted by molar-refractivity contribution is 5.03. The van der Waals surface area contributed by atoms with Crippen molar-refractivity contribution in [3.05, 3.63) is 0 Å². The number of nitrogens with one attached hydrogen (secondary N) is 1. The van der Waals surface area contributed by atoms with Gasteiger partial charge in [-0.3, -0.25) is 0 Å². The van der Waals surface area contributed by atoms with Crippen molar-refractivity contribution >= 4 is 0 Å². The number of hydrogen-bond donors (Lipinski definition) is 1. The van der Waals surface area contributed by atoms with E-state index >= 15 is 0 Å². The van der Waals surface area contributed by atoms with E-state index in [0.29, 0.717) is 5.41 Å². The summed E-state index contributed by atoms with van der Waals surface area (Å²) in [6.07, 6.45) is 2.71.